The molecule has 30 heavy (non-hydrogen) atoms. The molecule has 3 rings (SSSR count). The maximum Gasteiger partial charge on any atom is 0.416 e. The zero-order chi connectivity index (χ0) is 21.8. The first-order chi connectivity index (χ1) is 14.3. The van der Waals surface area contributed by atoms with Crippen LogP contribution in [0.5, 0.6) is 0 Å². The van der Waals surface area contributed by atoms with Gasteiger partial charge < -0.3 is 15.0 Å². The van der Waals surface area contributed by atoms with Gasteiger partial charge >= 0.3 is 12.1 Å². The molecule has 5 nitrogen and oxygen atoms in total. The lowest BCUT2D eigenvalue weighted by atomic mass is 9.78. The summed E-state index contributed by atoms with van der Waals surface area (Å²) in [4.78, 5) is 18.2. The number of aliphatic imine (C=N–C) groups is 1. The number of piperidine rings is 1. The quantitative estimate of drug-likeness (QED) is 0.451. The van der Waals surface area contributed by atoms with Crippen LogP contribution in [-0.2, 0) is 21.1 Å². The van der Waals surface area contributed by atoms with Crippen LogP contribution in [0.15, 0.2) is 29.3 Å². The molecular formula is C22H30F3N3O2. The Morgan fingerprint density at radius 1 is 1.27 bits per heavy atom. The van der Waals surface area contributed by atoms with Gasteiger partial charge in [-0.3, -0.25) is 9.79 Å². The van der Waals surface area contributed by atoms with Gasteiger partial charge in [0.25, 0.3) is 0 Å². The van der Waals surface area contributed by atoms with E-state index in [-0.39, 0.29) is 17.3 Å². The molecule has 0 spiro atoms. The summed E-state index contributed by atoms with van der Waals surface area (Å²) in [6, 6.07) is 5.75. The number of carbonyl (C=O) groups is 1. The molecule has 8 heteroatoms. The lowest BCUT2D eigenvalue weighted by Gasteiger charge is -2.36. The van der Waals surface area contributed by atoms with Crippen molar-refractivity contribution in [2.24, 2.45) is 10.9 Å². The molecular weight excluding hydrogens is 395 g/mol. The number of ether oxygens (including phenoxy) is 1. The van der Waals surface area contributed by atoms with Gasteiger partial charge in [0.1, 0.15) is 0 Å². The molecule has 0 unspecified atom stereocenters. The number of hydrogen-bond acceptors (Lipinski definition) is 3. The molecule has 1 heterocycles. The van der Waals surface area contributed by atoms with E-state index in [0.29, 0.717) is 32.5 Å². The average molecular weight is 425 g/mol. The molecule has 1 aromatic rings. The van der Waals surface area contributed by atoms with Crippen LogP contribution < -0.4 is 5.32 Å². The summed E-state index contributed by atoms with van der Waals surface area (Å²) < 4.78 is 44.5. The van der Waals surface area contributed by atoms with Crippen LogP contribution in [-0.4, -0.2) is 50.6 Å². The molecule has 1 aliphatic carbocycles. The van der Waals surface area contributed by atoms with E-state index < -0.39 is 11.7 Å². The van der Waals surface area contributed by atoms with Crippen LogP contribution in [0.2, 0.25) is 0 Å². The molecule has 0 aromatic heterocycles. The Labute approximate surface area is 175 Å². The average Bonchev–Trinajstić information content (AvgIpc) is 3.24. The van der Waals surface area contributed by atoms with Crippen LogP contribution in [0, 0.1) is 5.92 Å². The fourth-order valence-corrected chi connectivity index (χ4v) is 4.72. The van der Waals surface area contributed by atoms with Gasteiger partial charge in [0.05, 0.1) is 18.6 Å². The largest absolute Gasteiger partial charge is 0.469 e. The summed E-state index contributed by atoms with van der Waals surface area (Å²) in [6.45, 7) is 1.92. The second-order valence-electron chi connectivity index (χ2n) is 8.25. The van der Waals surface area contributed by atoms with Gasteiger partial charge in [-0.1, -0.05) is 31.0 Å². The molecule has 0 bridgehead atoms. The standard InChI is InChI=1S/C22H30F3N3O2/c1-26-20(28-12-8-16(9-13-28)19(29)30-2)27-15-21(10-3-4-11-21)17-6-5-7-18(14-17)22(23,24)25/h5-7,14,16H,3-4,8-13,15H2,1-2H3,(H,26,27). The molecule has 0 amide bonds. The van der Waals surface area contributed by atoms with Gasteiger partial charge in [-0.15, -0.1) is 0 Å². The minimum absolute atomic E-state index is 0.0874. The van der Waals surface area contributed by atoms with Crippen molar-refractivity contribution in [3.05, 3.63) is 35.4 Å². The van der Waals surface area contributed by atoms with Gasteiger partial charge in [-0.05, 0) is 37.3 Å². The molecule has 166 valence electrons. The maximum absolute atomic E-state index is 13.2. The highest BCUT2D eigenvalue weighted by atomic mass is 19.4. The van der Waals surface area contributed by atoms with Gasteiger partial charge in [-0.25, -0.2) is 0 Å². The summed E-state index contributed by atoms with van der Waals surface area (Å²) in [5.74, 6) is 0.472. The third-order valence-corrected chi connectivity index (χ3v) is 6.49. The molecule has 0 radical (unpaired) electrons. The number of carbonyl (C=O) groups excluding carboxylic acids is 1. The van der Waals surface area contributed by atoms with E-state index in [4.69, 9.17) is 4.74 Å². The molecule has 1 N–H and O–H groups in total. The van der Waals surface area contributed by atoms with E-state index in [1.165, 1.54) is 19.2 Å². The topological polar surface area (TPSA) is 53.9 Å². The molecule has 1 saturated carbocycles. The van der Waals surface area contributed by atoms with E-state index in [1.54, 1.807) is 7.05 Å². The van der Waals surface area contributed by atoms with Crippen LogP contribution in [0.3, 0.4) is 0 Å². The third-order valence-electron chi connectivity index (χ3n) is 6.49. The fourth-order valence-electron chi connectivity index (χ4n) is 4.72. The normalized spacial score (nSPS) is 20.3. The van der Waals surface area contributed by atoms with Crippen molar-refractivity contribution in [1.82, 2.24) is 10.2 Å². The monoisotopic (exact) mass is 425 g/mol. The summed E-state index contributed by atoms with van der Waals surface area (Å²) in [5, 5.41) is 3.42. The van der Waals surface area contributed by atoms with E-state index in [2.05, 4.69) is 15.2 Å². The lowest BCUT2D eigenvalue weighted by molar-refractivity contribution is -0.146. The summed E-state index contributed by atoms with van der Waals surface area (Å²) >= 11 is 0. The number of methoxy groups -OCH3 is 1. The number of halogens is 3. The Hall–Kier alpha value is -2.25. The van der Waals surface area contributed by atoms with Crippen molar-refractivity contribution in [3.8, 4) is 0 Å². The van der Waals surface area contributed by atoms with E-state index in [1.807, 2.05) is 6.07 Å². The number of alkyl halides is 3. The number of likely N-dealkylation sites (tertiary alicyclic amines) is 1. The smallest absolute Gasteiger partial charge is 0.416 e. The van der Waals surface area contributed by atoms with Crippen molar-refractivity contribution in [1.29, 1.82) is 0 Å². The van der Waals surface area contributed by atoms with Gasteiger partial charge in [-0.2, -0.15) is 13.2 Å². The summed E-state index contributed by atoms with van der Waals surface area (Å²) in [7, 11) is 3.12. The Balaban J connectivity index is 1.69. The summed E-state index contributed by atoms with van der Waals surface area (Å²) in [6.07, 6.45) is 0.759. The Morgan fingerprint density at radius 3 is 2.50 bits per heavy atom. The minimum atomic E-state index is -4.34. The van der Waals surface area contributed by atoms with Crippen molar-refractivity contribution in [2.45, 2.75) is 50.1 Å². The second-order valence-corrected chi connectivity index (χ2v) is 8.25. The molecule has 2 aliphatic rings. The number of benzene rings is 1. The molecule has 1 aromatic carbocycles. The molecule has 1 aliphatic heterocycles. The predicted octanol–water partition coefficient (Wildman–Crippen LogP) is 3.98. The van der Waals surface area contributed by atoms with Crippen molar-refractivity contribution >= 4 is 11.9 Å². The SMILES string of the molecule is CN=C(NCC1(c2cccc(C(F)(F)F)c2)CCCC1)N1CCC(C(=O)OC)CC1. The van der Waals surface area contributed by atoms with E-state index in [0.717, 1.165) is 43.3 Å². The zero-order valence-electron chi connectivity index (χ0n) is 17.6. The van der Waals surface area contributed by atoms with Crippen LogP contribution in [0.1, 0.15) is 49.7 Å². The number of hydrogen-bond donors (Lipinski definition) is 1. The Morgan fingerprint density at radius 2 is 1.93 bits per heavy atom. The lowest BCUT2D eigenvalue weighted by Crippen LogP contribution is -2.49. The van der Waals surface area contributed by atoms with Crippen LogP contribution >= 0.6 is 0 Å². The second kappa shape index (κ2) is 9.27. The summed E-state index contributed by atoms with van der Waals surface area (Å²) in [5.41, 5.74) is -0.190. The fraction of sp³-hybridized carbons (Fsp3) is 0.636. The minimum Gasteiger partial charge on any atom is -0.469 e. The maximum atomic E-state index is 13.2. The van der Waals surface area contributed by atoms with E-state index >= 15 is 0 Å². The zero-order valence-corrected chi connectivity index (χ0v) is 17.6. The molecule has 0 atom stereocenters. The first kappa shape index (κ1) is 22.4. The van der Waals surface area contributed by atoms with E-state index in [9.17, 15) is 18.0 Å². The van der Waals surface area contributed by atoms with Crippen molar-refractivity contribution in [2.75, 3.05) is 33.8 Å². The highest BCUT2D eigenvalue weighted by Crippen LogP contribution is 2.42. The third kappa shape index (κ3) is 4.90. The first-order valence-electron chi connectivity index (χ1n) is 10.5. The highest BCUT2D eigenvalue weighted by molar-refractivity contribution is 5.80. The molecule has 2 fully saturated rings. The Bertz CT molecular complexity index is 765. The Kier molecular flexibility index (Phi) is 6.93. The van der Waals surface area contributed by atoms with Gasteiger partial charge in [0.15, 0.2) is 5.96 Å². The van der Waals surface area contributed by atoms with Crippen molar-refractivity contribution in [3.63, 3.8) is 0 Å². The highest BCUT2D eigenvalue weighted by Gasteiger charge is 2.38. The van der Waals surface area contributed by atoms with Gasteiger partial charge in [0.2, 0.25) is 0 Å². The number of esters is 1. The van der Waals surface area contributed by atoms with Gasteiger partial charge in [0, 0.05) is 32.1 Å². The van der Waals surface area contributed by atoms with Crippen LogP contribution in [0.4, 0.5) is 13.2 Å². The van der Waals surface area contributed by atoms with Crippen LogP contribution in [0.25, 0.3) is 0 Å². The number of guanidine groups is 1. The predicted molar refractivity (Wildman–Crippen MR) is 109 cm³/mol. The first-order valence-corrected chi connectivity index (χ1v) is 10.5. The number of nitrogens with one attached hydrogen (secondary N) is 1. The number of nitrogens with zero attached hydrogens (tertiary/aromatic N) is 2. The molecule has 1 saturated heterocycles. The number of rotatable bonds is 4. The van der Waals surface area contributed by atoms with Crippen molar-refractivity contribution < 1.29 is 22.7 Å².